The van der Waals surface area contributed by atoms with Crippen LogP contribution in [0.4, 0.5) is 0 Å². The Hall–Kier alpha value is -2.15. The summed E-state index contributed by atoms with van der Waals surface area (Å²) in [5, 5.41) is 4.04. The highest BCUT2D eigenvalue weighted by atomic mass is 32.2. The third-order valence-electron chi connectivity index (χ3n) is 3.77. The van der Waals surface area contributed by atoms with Crippen molar-refractivity contribution in [3.05, 3.63) is 42.2 Å². The highest BCUT2D eigenvalue weighted by Crippen LogP contribution is 2.43. The number of benzene rings is 1. The second-order valence-electron chi connectivity index (χ2n) is 5.12. The Labute approximate surface area is 139 Å². The molecule has 3 rings (SSSR count). The monoisotopic (exact) mass is 333 g/mol. The number of rotatable bonds is 5. The highest BCUT2D eigenvalue weighted by Gasteiger charge is 2.32. The van der Waals surface area contributed by atoms with Crippen LogP contribution in [0, 0.1) is 0 Å². The third-order valence-corrected chi connectivity index (χ3v) is 5.01. The quantitative estimate of drug-likeness (QED) is 0.839. The summed E-state index contributed by atoms with van der Waals surface area (Å²) in [5.74, 6) is 2.47. The van der Waals surface area contributed by atoms with Crippen molar-refractivity contribution < 1.29 is 14.3 Å². The molecular weight excluding hydrogens is 314 g/mol. The van der Waals surface area contributed by atoms with Gasteiger partial charge in [0.2, 0.25) is 5.91 Å². The first-order chi connectivity index (χ1) is 11.2. The van der Waals surface area contributed by atoms with Crippen LogP contribution < -0.4 is 9.47 Å². The van der Waals surface area contributed by atoms with E-state index in [-0.39, 0.29) is 17.8 Å². The first-order valence-electron chi connectivity index (χ1n) is 7.33. The van der Waals surface area contributed by atoms with Crippen molar-refractivity contribution in [2.75, 3.05) is 26.5 Å². The Morgan fingerprint density at radius 1 is 1.39 bits per heavy atom. The highest BCUT2D eigenvalue weighted by molar-refractivity contribution is 7.99. The molecule has 1 aromatic heterocycles. The van der Waals surface area contributed by atoms with Crippen LogP contribution >= 0.6 is 11.8 Å². The smallest absolute Gasteiger partial charge is 0.245 e. The van der Waals surface area contributed by atoms with Crippen molar-refractivity contribution >= 4 is 17.7 Å². The third kappa shape index (κ3) is 3.29. The molecule has 2 aromatic rings. The number of hydrogen-bond donors (Lipinski definition) is 0. The van der Waals surface area contributed by atoms with E-state index in [0.717, 1.165) is 29.4 Å². The average molecular weight is 333 g/mol. The van der Waals surface area contributed by atoms with E-state index in [1.807, 2.05) is 29.2 Å². The van der Waals surface area contributed by atoms with Gasteiger partial charge in [-0.1, -0.05) is 0 Å². The summed E-state index contributed by atoms with van der Waals surface area (Å²) < 4.78 is 12.4. The lowest BCUT2D eigenvalue weighted by Crippen LogP contribution is -2.33. The average Bonchev–Trinajstić information content (AvgIpc) is 3.25. The predicted molar refractivity (Wildman–Crippen MR) is 88.7 cm³/mol. The van der Waals surface area contributed by atoms with E-state index >= 15 is 0 Å². The van der Waals surface area contributed by atoms with Gasteiger partial charge in [0.05, 0.1) is 14.2 Å². The molecule has 0 N–H and O–H groups in total. The van der Waals surface area contributed by atoms with E-state index in [4.69, 9.17) is 9.47 Å². The summed E-state index contributed by atoms with van der Waals surface area (Å²) in [6.07, 6.45) is 3.47. The van der Waals surface area contributed by atoms with Crippen molar-refractivity contribution in [2.45, 2.75) is 11.9 Å². The first-order valence-corrected chi connectivity index (χ1v) is 8.38. The summed E-state index contributed by atoms with van der Waals surface area (Å²) in [7, 11) is 3.27. The molecule has 1 amide bonds. The number of carbonyl (C=O) groups excluding carboxylic acids is 1. The lowest BCUT2D eigenvalue weighted by atomic mass is 10.1. The zero-order valence-corrected chi connectivity index (χ0v) is 14.0. The Kier molecular flexibility index (Phi) is 4.76. The molecule has 1 fully saturated rings. The van der Waals surface area contributed by atoms with Gasteiger partial charge in [0.25, 0.3) is 0 Å². The van der Waals surface area contributed by atoms with Crippen LogP contribution in [-0.4, -0.2) is 47.1 Å². The summed E-state index contributed by atoms with van der Waals surface area (Å²) in [6, 6.07) is 7.49. The number of ether oxygens (including phenoxy) is 2. The van der Waals surface area contributed by atoms with Gasteiger partial charge < -0.3 is 14.4 Å². The maximum absolute atomic E-state index is 12.6. The summed E-state index contributed by atoms with van der Waals surface area (Å²) in [4.78, 5) is 14.5. The molecule has 7 heteroatoms. The van der Waals surface area contributed by atoms with Gasteiger partial charge in [-0.25, -0.2) is 0 Å². The molecule has 23 heavy (non-hydrogen) atoms. The molecule has 1 unspecified atom stereocenters. The maximum atomic E-state index is 12.6. The molecule has 1 saturated heterocycles. The SMILES string of the molecule is COc1ccc(OC)c(C2SCCN2C(=O)Cn2cccn2)c1. The van der Waals surface area contributed by atoms with Crippen molar-refractivity contribution in [2.24, 2.45) is 0 Å². The van der Waals surface area contributed by atoms with Crippen molar-refractivity contribution in [3.8, 4) is 11.5 Å². The van der Waals surface area contributed by atoms with Gasteiger partial charge in [0, 0.05) is 30.3 Å². The minimum atomic E-state index is -0.0666. The molecule has 1 atom stereocenters. The maximum Gasteiger partial charge on any atom is 0.245 e. The number of hydrogen-bond acceptors (Lipinski definition) is 5. The van der Waals surface area contributed by atoms with Crippen LogP contribution in [0.3, 0.4) is 0 Å². The molecule has 122 valence electrons. The van der Waals surface area contributed by atoms with E-state index in [2.05, 4.69) is 5.10 Å². The second kappa shape index (κ2) is 6.95. The van der Waals surface area contributed by atoms with E-state index in [9.17, 15) is 4.79 Å². The molecule has 0 spiro atoms. The summed E-state index contributed by atoms with van der Waals surface area (Å²) in [5.41, 5.74) is 0.961. The molecule has 0 radical (unpaired) electrons. The van der Waals surface area contributed by atoms with Gasteiger partial charge >= 0.3 is 0 Å². The molecule has 1 aliphatic rings. The van der Waals surface area contributed by atoms with E-state index < -0.39 is 0 Å². The molecule has 0 aliphatic carbocycles. The molecule has 0 bridgehead atoms. The molecule has 1 aromatic carbocycles. The van der Waals surface area contributed by atoms with Crippen LogP contribution in [0.15, 0.2) is 36.7 Å². The molecule has 2 heterocycles. The van der Waals surface area contributed by atoms with Gasteiger partial charge in [0.1, 0.15) is 23.4 Å². The number of methoxy groups -OCH3 is 2. The Balaban J connectivity index is 1.85. The standard InChI is InChI=1S/C16H19N3O3S/c1-21-12-4-5-14(22-2)13(10-12)16-19(8-9-23-16)15(20)11-18-7-3-6-17-18/h3-7,10,16H,8-9,11H2,1-2H3. The van der Waals surface area contributed by atoms with Gasteiger partial charge in [-0.15, -0.1) is 11.8 Å². The normalized spacial score (nSPS) is 17.3. The van der Waals surface area contributed by atoms with Crippen LogP contribution in [0.1, 0.15) is 10.9 Å². The first kappa shape index (κ1) is 15.7. The van der Waals surface area contributed by atoms with Crippen LogP contribution in [0.2, 0.25) is 0 Å². The Morgan fingerprint density at radius 2 is 2.26 bits per heavy atom. The number of thioether (sulfide) groups is 1. The minimum absolute atomic E-state index is 0.0496. The fourth-order valence-electron chi connectivity index (χ4n) is 2.64. The largest absolute Gasteiger partial charge is 0.497 e. The predicted octanol–water partition coefficient (Wildman–Crippen LogP) is 2.17. The zero-order valence-electron chi connectivity index (χ0n) is 13.1. The lowest BCUT2D eigenvalue weighted by molar-refractivity contribution is -0.132. The van der Waals surface area contributed by atoms with E-state index in [1.165, 1.54) is 0 Å². The van der Waals surface area contributed by atoms with Crippen molar-refractivity contribution in [1.29, 1.82) is 0 Å². The van der Waals surface area contributed by atoms with Gasteiger partial charge in [-0.2, -0.15) is 5.10 Å². The topological polar surface area (TPSA) is 56.6 Å². The minimum Gasteiger partial charge on any atom is -0.497 e. The molecular formula is C16H19N3O3S. The van der Waals surface area contributed by atoms with E-state index in [1.54, 1.807) is 43.1 Å². The summed E-state index contributed by atoms with van der Waals surface area (Å²) in [6.45, 7) is 0.964. The van der Waals surface area contributed by atoms with E-state index in [0.29, 0.717) is 0 Å². The molecule has 0 saturated carbocycles. The molecule has 1 aliphatic heterocycles. The number of carbonyl (C=O) groups is 1. The van der Waals surface area contributed by atoms with Crippen LogP contribution in [-0.2, 0) is 11.3 Å². The molecule has 6 nitrogen and oxygen atoms in total. The number of amides is 1. The van der Waals surface area contributed by atoms with Crippen molar-refractivity contribution in [3.63, 3.8) is 0 Å². The second-order valence-corrected chi connectivity index (χ2v) is 6.31. The lowest BCUT2D eigenvalue weighted by Gasteiger charge is -2.25. The van der Waals surface area contributed by atoms with Gasteiger partial charge in [0.15, 0.2) is 0 Å². The fraction of sp³-hybridized carbons (Fsp3) is 0.375. The van der Waals surface area contributed by atoms with Gasteiger partial charge in [-0.05, 0) is 24.3 Å². The Bertz CT molecular complexity index is 675. The fourth-order valence-corrected chi connectivity index (χ4v) is 3.93. The van der Waals surface area contributed by atoms with Crippen molar-refractivity contribution in [1.82, 2.24) is 14.7 Å². The Morgan fingerprint density at radius 3 is 2.96 bits per heavy atom. The van der Waals surface area contributed by atoms with Crippen LogP contribution in [0.25, 0.3) is 0 Å². The summed E-state index contributed by atoms with van der Waals surface area (Å²) >= 11 is 1.73. The van der Waals surface area contributed by atoms with Crippen LogP contribution in [0.5, 0.6) is 11.5 Å². The van der Waals surface area contributed by atoms with Gasteiger partial charge in [-0.3, -0.25) is 9.48 Å². The number of nitrogens with zero attached hydrogens (tertiary/aromatic N) is 3. The number of aromatic nitrogens is 2. The zero-order chi connectivity index (χ0) is 16.2.